The van der Waals surface area contributed by atoms with Crippen molar-refractivity contribution >= 4 is 5.91 Å². The summed E-state index contributed by atoms with van der Waals surface area (Å²) in [4.78, 5) is 15.6. The molecule has 1 amide bonds. The van der Waals surface area contributed by atoms with E-state index in [4.69, 9.17) is 0 Å². The summed E-state index contributed by atoms with van der Waals surface area (Å²) in [5.41, 5.74) is 0. The van der Waals surface area contributed by atoms with Crippen molar-refractivity contribution in [2.45, 2.75) is 25.2 Å². The first-order chi connectivity index (χ1) is 7.64. The van der Waals surface area contributed by atoms with Crippen molar-refractivity contribution in [3.8, 4) is 0 Å². The Hall–Kier alpha value is -0.990. The molecule has 1 aliphatic rings. The minimum atomic E-state index is -5.67. The van der Waals surface area contributed by atoms with Gasteiger partial charge in [-0.3, -0.25) is 9.63 Å². The third kappa shape index (κ3) is 3.48. The van der Waals surface area contributed by atoms with E-state index in [0.29, 0.717) is 12.8 Å². The summed E-state index contributed by atoms with van der Waals surface area (Å²) < 4.78 is 73.2. The Morgan fingerprint density at radius 2 is 1.59 bits per heavy atom. The van der Waals surface area contributed by atoms with Crippen molar-refractivity contribution in [3.63, 3.8) is 0 Å². The highest BCUT2D eigenvalue weighted by Crippen LogP contribution is 2.40. The lowest BCUT2D eigenvalue weighted by atomic mass is 10.1. The molecule has 0 aromatic heterocycles. The molecule has 1 fully saturated rings. The smallest absolute Gasteiger partial charge is 0.271 e. The molecular formula is C8H9F6NO2. The van der Waals surface area contributed by atoms with E-state index in [-0.39, 0.29) is 18.2 Å². The van der Waals surface area contributed by atoms with Crippen molar-refractivity contribution in [3.05, 3.63) is 0 Å². The van der Waals surface area contributed by atoms with Crippen molar-refractivity contribution in [1.82, 2.24) is 5.06 Å². The van der Waals surface area contributed by atoms with Gasteiger partial charge in [0.2, 0.25) is 5.92 Å². The van der Waals surface area contributed by atoms with E-state index in [1.54, 1.807) is 0 Å². The van der Waals surface area contributed by atoms with Gasteiger partial charge < -0.3 is 0 Å². The lowest BCUT2D eigenvalue weighted by Crippen LogP contribution is -2.50. The molecule has 17 heavy (non-hydrogen) atoms. The maximum atomic E-state index is 12.2. The maximum absolute atomic E-state index is 12.2. The van der Waals surface area contributed by atoms with Gasteiger partial charge in [-0.25, -0.2) is 5.06 Å². The topological polar surface area (TPSA) is 29.5 Å². The van der Waals surface area contributed by atoms with Crippen LogP contribution in [-0.2, 0) is 9.63 Å². The molecule has 0 saturated carbocycles. The summed E-state index contributed by atoms with van der Waals surface area (Å²) in [7, 11) is 0. The number of carbonyl (C=O) groups excluding carboxylic acids is 1. The number of alkyl halides is 6. The highest BCUT2D eigenvalue weighted by atomic mass is 19.4. The van der Waals surface area contributed by atoms with E-state index in [9.17, 15) is 31.1 Å². The molecule has 100 valence electrons. The number of nitrogens with zero attached hydrogens (tertiary/aromatic N) is 1. The third-order valence-electron chi connectivity index (χ3n) is 2.15. The summed E-state index contributed by atoms with van der Waals surface area (Å²) in [6, 6.07) is 0. The average Bonchev–Trinajstić information content (AvgIpc) is 2.14. The monoisotopic (exact) mass is 265 g/mol. The molecule has 0 unspecified atom stereocenters. The molecular weight excluding hydrogens is 256 g/mol. The maximum Gasteiger partial charge on any atom is 0.409 e. The van der Waals surface area contributed by atoms with Gasteiger partial charge in [0.25, 0.3) is 5.91 Å². The van der Waals surface area contributed by atoms with Crippen LogP contribution in [0.2, 0.25) is 0 Å². The van der Waals surface area contributed by atoms with Crippen molar-refractivity contribution in [2.75, 3.05) is 13.2 Å². The average molecular weight is 265 g/mol. The molecule has 1 heterocycles. The molecule has 0 atom stereocenters. The molecule has 0 radical (unpaired) electrons. The van der Waals surface area contributed by atoms with Crippen LogP contribution in [0.3, 0.4) is 0 Å². The van der Waals surface area contributed by atoms with E-state index in [1.165, 1.54) is 0 Å². The summed E-state index contributed by atoms with van der Waals surface area (Å²) in [5.74, 6) is -6.13. The summed E-state index contributed by atoms with van der Waals surface area (Å²) in [6.45, 7) is -0.324. The van der Waals surface area contributed by atoms with Crippen LogP contribution in [0, 0.1) is 5.92 Å². The Morgan fingerprint density at radius 3 is 1.94 bits per heavy atom. The van der Waals surface area contributed by atoms with E-state index in [0.717, 1.165) is 0 Å². The third-order valence-corrected chi connectivity index (χ3v) is 2.15. The van der Waals surface area contributed by atoms with Crippen LogP contribution in [0.15, 0.2) is 0 Å². The fourth-order valence-electron chi connectivity index (χ4n) is 1.38. The quantitative estimate of drug-likeness (QED) is 0.681. The number of hydrogen-bond acceptors (Lipinski definition) is 2. The Balaban J connectivity index is 2.87. The van der Waals surface area contributed by atoms with Gasteiger partial charge in [0.1, 0.15) is 0 Å². The van der Waals surface area contributed by atoms with E-state index in [1.807, 2.05) is 0 Å². The van der Waals surface area contributed by atoms with Crippen molar-refractivity contribution in [1.29, 1.82) is 0 Å². The zero-order chi connectivity index (χ0) is 13.3. The standard InChI is InChI=1S/C8H9F6NO2/c9-7(10,11)5(8(12,13)14)6(16)15-3-1-2-4-17-15/h5H,1-4H2. The minimum Gasteiger partial charge on any atom is -0.271 e. The summed E-state index contributed by atoms with van der Waals surface area (Å²) >= 11 is 0. The second-order valence-electron chi connectivity index (χ2n) is 3.50. The van der Waals surface area contributed by atoms with Crippen LogP contribution in [0.25, 0.3) is 0 Å². The molecule has 3 nitrogen and oxygen atoms in total. The molecule has 0 bridgehead atoms. The molecule has 1 saturated heterocycles. The van der Waals surface area contributed by atoms with Gasteiger partial charge in [-0.05, 0) is 12.8 Å². The molecule has 0 aromatic carbocycles. The highest BCUT2D eigenvalue weighted by molar-refractivity contribution is 5.79. The number of rotatable bonds is 1. The van der Waals surface area contributed by atoms with Crippen LogP contribution in [0.4, 0.5) is 26.3 Å². The van der Waals surface area contributed by atoms with Crippen LogP contribution in [-0.4, -0.2) is 36.5 Å². The minimum absolute atomic E-state index is 0.0613. The van der Waals surface area contributed by atoms with Gasteiger partial charge in [0, 0.05) is 6.54 Å². The summed E-state index contributed by atoms with van der Waals surface area (Å²) in [6.07, 6.45) is -10.5. The Kier molecular flexibility index (Phi) is 3.90. The van der Waals surface area contributed by atoms with Gasteiger partial charge in [-0.2, -0.15) is 26.3 Å². The number of amides is 1. The van der Waals surface area contributed by atoms with E-state index in [2.05, 4.69) is 4.84 Å². The van der Waals surface area contributed by atoms with Gasteiger partial charge >= 0.3 is 12.4 Å². The van der Waals surface area contributed by atoms with Crippen molar-refractivity contribution in [2.24, 2.45) is 5.92 Å². The normalized spacial score (nSPS) is 18.6. The van der Waals surface area contributed by atoms with Crippen LogP contribution >= 0.6 is 0 Å². The number of halogens is 6. The first-order valence-corrected chi connectivity index (χ1v) is 4.72. The van der Waals surface area contributed by atoms with Gasteiger partial charge in [-0.1, -0.05) is 0 Å². The predicted octanol–water partition coefficient (Wildman–Crippen LogP) is 2.28. The Morgan fingerprint density at radius 1 is 1.06 bits per heavy atom. The van der Waals surface area contributed by atoms with Gasteiger partial charge in [-0.15, -0.1) is 0 Å². The zero-order valence-electron chi connectivity index (χ0n) is 8.44. The first kappa shape index (κ1) is 14.1. The number of carbonyl (C=O) groups is 1. The zero-order valence-corrected chi connectivity index (χ0v) is 8.44. The fourth-order valence-corrected chi connectivity index (χ4v) is 1.38. The SMILES string of the molecule is O=C(C(C(F)(F)F)C(F)(F)F)N1CCCCO1. The molecule has 9 heteroatoms. The predicted molar refractivity (Wildman–Crippen MR) is 42.5 cm³/mol. The van der Waals surface area contributed by atoms with Crippen LogP contribution < -0.4 is 0 Å². The number of hydrogen-bond donors (Lipinski definition) is 0. The highest BCUT2D eigenvalue weighted by Gasteiger charge is 2.62. The van der Waals surface area contributed by atoms with E-state index >= 15 is 0 Å². The molecule has 0 aromatic rings. The Bertz CT molecular complexity index is 267. The van der Waals surface area contributed by atoms with Crippen molar-refractivity contribution < 1.29 is 36.0 Å². The molecule has 1 rings (SSSR count). The summed E-state index contributed by atoms with van der Waals surface area (Å²) in [5, 5.41) is 0.148. The molecule has 0 aliphatic carbocycles. The van der Waals surface area contributed by atoms with Gasteiger partial charge in [0.05, 0.1) is 6.61 Å². The first-order valence-electron chi connectivity index (χ1n) is 4.72. The van der Waals surface area contributed by atoms with Crippen LogP contribution in [0.5, 0.6) is 0 Å². The largest absolute Gasteiger partial charge is 0.409 e. The second kappa shape index (κ2) is 4.71. The van der Waals surface area contributed by atoms with Crippen LogP contribution in [0.1, 0.15) is 12.8 Å². The molecule has 0 N–H and O–H groups in total. The lowest BCUT2D eigenvalue weighted by molar-refractivity contribution is -0.290. The Labute approximate surface area is 92.3 Å². The molecule has 1 aliphatic heterocycles. The lowest BCUT2D eigenvalue weighted by Gasteiger charge is -2.30. The number of hydroxylamine groups is 2. The second-order valence-corrected chi connectivity index (χ2v) is 3.50. The molecule has 0 spiro atoms. The van der Waals surface area contributed by atoms with Gasteiger partial charge in [0.15, 0.2) is 0 Å². The van der Waals surface area contributed by atoms with E-state index < -0.39 is 24.2 Å². The fraction of sp³-hybridized carbons (Fsp3) is 0.875.